The van der Waals surface area contributed by atoms with Crippen LogP contribution in [0.4, 0.5) is 6.01 Å². The monoisotopic (exact) mass is 250 g/mol. The second-order valence-corrected chi connectivity index (χ2v) is 5.52. The number of hydrogen-bond acceptors (Lipinski definition) is 5. The molecule has 2 aliphatic rings. The van der Waals surface area contributed by atoms with E-state index in [0.29, 0.717) is 11.6 Å². The van der Waals surface area contributed by atoms with Crippen LogP contribution in [0.2, 0.25) is 0 Å². The predicted octanol–water partition coefficient (Wildman–Crippen LogP) is 2.06. The average molecular weight is 250 g/mol. The highest BCUT2D eigenvalue weighted by Crippen LogP contribution is 2.38. The van der Waals surface area contributed by atoms with Gasteiger partial charge in [0.1, 0.15) is 0 Å². The van der Waals surface area contributed by atoms with E-state index in [1.807, 2.05) is 0 Å². The molecule has 2 saturated heterocycles. The van der Waals surface area contributed by atoms with Crippen LogP contribution in [0.15, 0.2) is 4.42 Å². The van der Waals surface area contributed by atoms with Crippen LogP contribution in [-0.4, -0.2) is 40.3 Å². The van der Waals surface area contributed by atoms with Gasteiger partial charge in [-0.2, -0.15) is 0 Å². The number of aromatic nitrogens is 2. The molecule has 3 rings (SSSR count). The van der Waals surface area contributed by atoms with E-state index in [1.54, 1.807) is 0 Å². The van der Waals surface area contributed by atoms with Crippen LogP contribution in [0.1, 0.15) is 44.9 Å². The minimum atomic E-state index is 0.361. The van der Waals surface area contributed by atoms with Crippen LogP contribution >= 0.6 is 0 Å². The summed E-state index contributed by atoms with van der Waals surface area (Å²) in [6.07, 6.45) is 7.16. The summed E-state index contributed by atoms with van der Waals surface area (Å²) in [7, 11) is 0. The summed E-state index contributed by atoms with van der Waals surface area (Å²) in [5, 5.41) is 11.4. The minimum absolute atomic E-state index is 0.361. The average Bonchev–Trinajstić information content (AvgIpc) is 3.00. The van der Waals surface area contributed by atoms with Crippen molar-refractivity contribution in [1.82, 2.24) is 15.1 Å². The molecule has 0 saturated carbocycles. The summed E-state index contributed by atoms with van der Waals surface area (Å²) in [6.45, 7) is 5.57. The summed E-state index contributed by atoms with van der Waals surface area (Å²) in [4.78, 5) is 2.63. The van der Waals surface area contributed by atoms with Crippen molar-refractivity contribution >= 4 is 6.01 Å². The van der Waals surface area contributed by atoms with E-state index in [1.165, 1.54) is 38.8 Å². The smallest absolute Gasteiger partial charge is 0.315 e. The van der Waals surface area contributed by atoms with Crippen LogP contribution < -0.4 is 5.32 Å². The molecule has 1 aromatic rings. The van der Waals surface area contributed by atoms with E-state index in [4.69, 9.17) is 4.42 Å². The van der Waals surface area contributed by atoms with Crippen molar-refractivity contribution in [2.45, 2.75) is 51.0 Å². The van der Waals surface area contributed by atoms with Crippen molar-refractivity contribution in [3.8, 4) is 0 Å². The van der Waals surface area contributed by atoms with Crippen LogP contribution in [0, 0.1) is 0 Å². The Balaban J connectivity index is 1.60. The van der Waals surface area contributed by atoms with Crippen molar-refractivity contribution in [1.29, 1.82) is 0 Å². The fourth-order valence-corrected chi connectivity index (χ4v) is 3.39. The fraction of sp³-hybridized carbons (Fsp3) is 0.846. The van der Waals surface area contributed by atoms with E-state index in [2.05, 4.69) is 27.3 Å². The molecule has 2 aliphatic heterocycles. The number of nitrogens with one attached hydrogen (secondary N) is 1. The molecule has 1 N–H and O–H groups in total. The summed E-state index contributed by atoms with van der Waals surface area (Å²) >= 11 is 0. The highest BCUT2D eigenvalue weighted by Gasteiger charge is 2.44. The van der Waals surface area contributed by atoms with Gasteiger partial charge in [0.15, 0.2) is 0 Å². The van der Waals surface area contributed by atoms with Crippen molar-refractivity contribution in [2.75, 3.05) is 25.0 Å². The number of aryl methyl sites for hydroxylation is 1. The van der Waals surface area contributed by atoms with Gasteiger partial charge in [0.25, 0.3) is 0 Å². The molecule has 0 amide bonds. The molecule has 0 atom stereocenters. The van der Waals surface area contributed by atoms with Crippen LogP contribution in [0.25, 0.3) is 0 Å². The summed E-state index contributed by atoms with van der Waals surface area (Å²) in [5.41, 5.74) is 0.361. The third kappa shape index (κ3) is 2.11. The van der Waals surface area contributed by atoms with Gasteiger partial charge in [-0.1, -0.05) is 12.0 Å². The van der Waals surface area contributed by atoms with Gasteiger partial charge >= 0.3 is 6.01 Å². The van der Waals surface area contributed by atoms with Gasteiger partial charge in [0.2, 0.25) is 5.89 Å². The lowest BCUT2D eigenvalue weighted by Gasteiger charge is -2.31. The molecule has 1 aromatic heterocycles. The molecule has 18 heavy (non-hydrogen) atoms. The first-order valence-electron chi connectivity index (χ1n) is 7.14. The van der Waals surface area contributed by atoms with Gasteiger partial charge in [-0.05, 0) is 45.2 Å². The molecule has 0 bridgehead atoms. The summed E-state index contributed by atoms with van der Waals surface area (Å²) < 4.78 is 5.58. The Morgan fingerprint density at radius 3 is 2.78 bits per heavy atom. The minimum Gasteiger partial charge on any atom is -0.408 e. The first kappa shape index (κ1) is 12.0. The molecule has 5 heteroatoms. The van der Waals surface area contributed by atoms with Gasteiger partial charge in [0.05, 0.1) is 0 Å². The zero-order valence-corrected chi connectivity index (χ0v) is 11.1. The maximum atomic E-state index is 5.58. The van der Waals surface area contributed by atoms with Gasteiger partial charge in [-0.3, -0.25) is 4.90 Å². The highest BCUT2D eigenvalue weighted by atomic mass is 16.4. The molecule has 0 aromatic carbocycles. The third-order valence-corrected chi connectivity index (χ3v) is 4.31. The molecule has 0 aliphatic carbocycles. The standard InChI is InChI=1S/C13H22N4O/c1-2-5-11-15-16-12(18-11)14-10-13-6-3-8-17(13)9-4-7-13/h2-10H2,1H3,(H,14,16). The summed E-state index contributed by atoms with van der Waals surface area (Å²) in [6, 6.07) is 0.589. The lowest BCUT2D eigenvalue weighted by molar-refractivity contribution is 0.208. The number of rotatable bonds is 5. The number of hydrogen-bond donors (Lipinski definition) is 1. The Hall–Kier alpha value is -1.10. The molecule has 3 heterocycles. The fourth-order valence-electron chi connectivity index (χ4n) is 3.39. The molecule has 0 unspecified atom stereocenters. The molecule has 2 fully saturated rings. The van der Waals surface area contributed by atoms with Gasteiger partial charge in [-0.15, -0.1) is 5.10 Å². The Kier molecular flexibility index (Phi) is 3.24. The van der Waals surface area contributed by atoms with Crippen LogP contribution in [0.3, 0.4) is 0 Å². The van der Waals surface area contributed by atoms with Crippen molar-refractivity contribution < 1.29 is 4.42 Å². The quantitative estimate of drug-likeness (QED) is 0.867. The van der Waals surface area contributed by atoms with Crippen molar-refractivity contribution in [2.24, 2.45) is 0 Å². The maximum Gasteiger partial charge on any atom is 0.315 e. The zero-order chi connectivity index (χ0) is 12.4. The highest BCUT2D eigenvalue weighted by molar-refractivity contribution is 5.20. The molecular formula is C13H22N4O. The number of fused-ring (bicyclic) bond motifs is 1. The first-order chi connectivity index (χ1) is 8.82. The Labute approximate surface area is 108 Å². The zero-order valence-electron chi connectivity index (χ0n) is 11.1. The summed E-state index contributed by atoms with van der Waals surface area (Å²) in [5.74, 6) is 0.743. The van der Waals surface area contributed by atoms with Crippen LogP contribution in [0.5, 0.6) is 0 Å². The molecular weight excluding hydrogens is 228 g/mol. The van der Waals surface area contributed by atoms with Crippen molar-refractivity contribution in [3.05, 3.63) is 5.89 Å². The normalized spacial score (nSPS) is 22.3. The largest absolute Gasteiger partial charge is 0.408 e. The molecule has 5 nitrogen and oxygen atoms in total. The van der Waals surface area contributed by atoms with E-state index >= 15 is 0 Å². The van der Waals surface area contributed by atoms with E-state index < -0.39 is 0 Å². The second kappa shape index (κ2) is 4.88. The number of nitrogens with zero attached hydrogens (tertiary/aromatic N) is 3. The molecule has 100 valence electrons. The van der Waals surface area contributed by atoms with Gasteiger partial charge in [0, 0.05) is 18.5 Å². The molecule has 0 radical (unpaired) electrons. The van der Waals surface area contributed by atoms with Crippen LogP contribution in [-0.2, 0) is 6.42 Å². The van der Waals surface area contributed by atoms with Crippen molar-refractivity contribution in [3.63, 3.8) is 0 Å². The third-order valence-electron chi connectivity index (χ3n) is 4.31. The second-order valence-electron chi connectivity index (χ2n) is 5.52. The Morgan fingerprint density at radius 1 is 1.28 bits per heavy atom. The van der Waals surface area contributed by atoms with Gasteiger partial charge < -0.3 is 9.73 Å². The lowest BCUT2D eigenvalue weighted by atomic mass is 9.94. The first-order valence-corrected chi connectivity index (χ1v) is 7.14. The Bertz CT molecular complexity index is 393. The van der Waals surface area contributed by atoms with E-state index in [-0.39, 0.29) is 0 Å². The lowest BCUT2D eigenvalue weighted by Crippen LogP contribution is -2.44. The van der Waals surface area contributed by atoms with Gasteiger partial charge in [-0.25, -0.2) is 0 Å². The van der Waals surface area contributed by atoms with E-state index in [9.17, 15) is 0 Å². The number of anilines is 1. The van der Waals surface area contributed by atoms with E-state index in [0.717, 1.165) is 25.3 Å². The SMILES string of the molecule is CCCc1nnc(NCC23CCCN2CCC3)o1. The Morgan fingerprint density at radius 2 is 2.06 bits per heavy atom. The molecule has 0 spiro atoms. The topological polar surface area (TPSA) is 54.2 Å². The maximum absolute atomic E-state index is 5.58. The predicted molar refractivity (Wildman–Crippen MR) is 69.6 cm³/mol.